The van der Waals surface area contributed by atoms with Crippen molar-refractivity contribution >= 4 is 22.8 Å². The SMILES string of the molecule is CC(C)C(C)NC(=O)C1CCN(C(=O)COc2ccc3ccc(=O)oc3c2)CC1. The number of carbonyl (C=O) groups excluding carboxylic acids is 2. The van der Waals surface area contributed by atoms with Crippen molar-refractivity contribution in [3.63, 3.8) is 0 Å². The van der Waals surface area contributed by atoms with E-state index in [9.17, 15) is 14.4 Å². The summed E-state index contributed by atoms with van der Waals surface area (Å²) in [6, 6.07) is 8.30. The first-order valence-electron chi connectivity index (χ1n) is 10.1. The molecule has 0 bridgehead atoms. The molecule has 1 aromatic heterocycles. The maximum Gasteiger partial charge on any atom is 0.336 e. The average molecular weight is 400 g/mol. The summed E-state index contributed by atoms with van der Waals surface area (Å²) in [6.45, 7) is 7.16. The number of ether oxygens (including phenoxy) is 1. The Hall–Kier alpha value is -2.83. The molecule has 2 heterocycles. The molecular formula is C22H28N2O5. The van der Waals surface area contributed by atoms with E-state index in [0.29, 0.717) is 43.2 Å². The van der Waals surface area contributed by atoms with Crippen molar-refractivity contribution in [1.29, 1.82) is 0 Å². The Labute approximate surface area is 170 Å². The zero-order valence-corrected chi connectivity index (χ0v) is 17.1. The van der Waals surface area contributed by atoms with E-state index in [1.807, 2.05) is 6.92 Å². The molecule has 1 unspecified atom stereocenters. The Morgan fingerprint density at radius 1 is 1.17 bits per heavy atom. The van der Waals surface area contributed by atoms with E-state index in [0.717, 1.165) is 5.39 Å². The monoisotopic (exact) mass is 400 g/mol. The van der Waals surface area contributed by atoms with Crippen LogP contribution in [0.15, 0.2) is 39.5 Å². The summed E-state index contributed by atoms with van der Waals surface area (Å²) in [4.78, 5) is 37.9. The Morgan fingerprint density at radius 3 is 2.55 bits per heavy atom. The lowest BCUT2D eigenvalue weighted by atomic mass is 9.95. The number of nitrogens with one attached hydrogen (secondary N) is 1. The van der Waals surface area contributed by atoms with E-state index in [1.54, 1.807) is 29.2 Å². The van der Waals surface area contributed by atoms with Crippen LogP contribution < -0.4 is 15.7 Å². The second kappa shape index (κ2) is 9.11. The molecule has 1 saturated heterocycles. The van der Waals surface area contributed by atoms with Crippen LogP contribution in [0.5, 0.6) is 5.75 Å². The van der Waals surface area contributed by atoms with Crippen molar-refractivity contribution in [3.05, 3.63) is 40.8 Å². The van der Waals surface area contributed by atoms with E-state index in [2.05, 4.69) is 19.2 Å². The van der Waals surface area contributed by atoms with Gasteiger partial charge in [-0.15, -0.1) is 0 Å². The zero-order valence-electron chi connectivity index (χ0n) is 17.1. The summed E-state index contributed by atoms with van der Waals surface area (Å²) in [7, 11) is 0. The van der Waals surface area contributed by atoms with Crippen LogP contribution in [-0.2, 0) is 9.59 Å². The maximum atomic E-state index is 12.5. The predicted octanol–water partition coefficient (Wildman–Crippen LogP) is 2.57. The van der Waals surface area contributed by atoms with Gasteiger partial charge < -0.3 is 19.4 Å². The molecule has 1 fully saturated rings. The Bertz CT molecular complexity index is 928. The second-order valence-electron chi connectivity index (χ2n) is 7.94. The lowest BCUT2D eigenvalue weighted by Gasteiger charge is -2.32. The van der Waals surface area contributed by atoms with Crippen molar-refractivity contribution in [2.75, 3.05) is 19.7 Å². The van der Waals surface area contributed by atoms with Crippen molar-refractivity contribution < 1.29 is 18.7 Å². The molecule has 1 aliphatic heterocycles. The number of benzene rings is 1. The van der Waals surface area contributed by atoms with Crippen LogP contribution in [-0.4, -0.2) is 42.5 Å². The fourth-order valence-electron chi connectivity index (χ4n) is 3.27. The number of likely N-dealkylation sites (tertiary alicyclic amines) is 1. The molecule has 0 spiro atoms. The van der Waals surface area contributed by atoms with Gasteiger partial charge in [0.1, 0.15) is 11.3 Å². The van der Waals surface area contributed by atoms with Crippen LogP contribution in [0.1, 0.15) is 33.6 Å². The second-order valence-corrected chi connectivity index (χ2v) is 7.94. The molecule has 3 rings (SSSR count). The molecule has 0 aliphatic carbocycles. The topological polar surface area (TPSA) is 88.9 Å². The molecule has 2 aromatic rings. The lowest BCUT2D eigenvalue weighted by Crippen LogP contribution is -2.46. The van der Waals surface area contributed by atoms with Crippen molar-refractivity contribution in [3.8, 4) is 5.75 Å². The fraction of sp³-hybridized carbons (Fsp3) is 0.500. The number of fused-ring (bicyclic) bond motifs is 1. The molecule has 1 aliphatic rings. The van der Waals surface area contributed by atoms with Crippen LogP contribution >= 0.6 is 0 Å². The average Bonchev–Trinajstić information content (AvgIpc) is 2.71. The number of nitrogens with zero attached hydrogens (tertiary/aromatic N) is 1. The zero-order chi connectivity index (χ0) is 21.0. The molecule has 2 amide bonds. The Morgan fingerprint density at radius 2 is 1.86 bits per heavy atom. The smallest absolute Gasteiger partial charge is 0.336 e. The summed E-state index contributed by atoms with van der Waals surface area (Å²) in [6.07, 6.45) is 1.31. The normalized spacial score (nSPS) is 16.1. The van der Waals surface area contributed by atoms with E-state index in [1.165, 1.54) is 6.07 Å². The quantitative estimate of drug-likeness (QED) is 0.753. The van der Waals surface area contributed by atoms with Crippen LogP contribution in [0.4, 0.5) is 0 Å². The molecule has 7 heteroatoms. The van der Waals surface area contributed by atoms with Gasteiger partial charge in [0.2, 0.25) is 5.91 Å². The highest BCUT2D eigenvalue weighted by Crippen LogP contribution is 2.21. The Kier molecular flexibility index (Phi) is 6.56. The molecule has 156 valence electrons. The molecule has 29 heavy (non-hydrogen) atoms. The minimum Gasteiger partial charge on any atom is -0.484 e. The minimum atomic E-state index is -0.430. The molecule has 1 aromatic carbocycles. The van der Waals surface area contributed by atoms with Crippen molar-refractivity contribution in [2.45, 2.75) is 39.7 Å². The maximum absolute atomic E-state index is 12.5. The molecule has 1 N–H and O–H groups in total. The first kappa shape index (κ1) is 20.9. The lowest BCUT2D eigenvalue weighted by molar-refractivity contribution is -0.137. The highest BCUT2D eigenvalue weighted by atomic mass is 16.5. The van der Waals surface area contributed by atoms with Gasteiger partial charge in [0.15, 0.2) is 6.61 Å². The van der Waals surface area contributed by atoms with Crippen LogP contribution in [0.25, 0.3) is 11.0 Å². The van der Waals surface area contributed by atoms with E-state index < -0.39 is 5.63 Å². The van der Waals surface area contributed by atoms with E-state index >= 15 is 0 Å². The summed E-state index contributed by atoms with van der Waals surface area (Å²) >= 11 is 0. The number of rotatable bonds is 6. The van der Waals surface area contributed by atoms with E-state index in [4.69, 9.17) is 9.15 Å². The van der Waals surface area contributed by atoms with Gasteiger partial charge in [0.25, 0.3) is 5.91 Å². The van der Waals surface area contributed by atoms with Crippen molar-refractivity contribution in [2.24, 2.45) is 11.8 Å². The molecule has 7 nitrogen and oxygen atoms in total. The number of amides is 2. The first-order valence-corrected chi connectivity index (χ1v) is 10.1. The van der Waals surface area contributed by atoms with Gasteiger partial charge in [-0.25, -0.2) is 4.79 Å². The van der Waals surface area contributed by atoms with Gasteiger partial charge in [-0.05, 0) is 43.9 Å². The number of piperidine rings is 1. The predicted molar refractivity (Wildman–Crippen MR) is 110 cm³/mol. The van der Waals surface area contributed by atoms with Gasteiger partial charge in [0, 0.05) is 42.6 Å². The summed E-state index contributed by atoms with van der Waals surface area (Å²) in [5, 5.41) is 3.85. The van der Waals surface area contributed by atoms with Gasteiger partial charge in [-0.1, -0.05) is 13.8 Å². The number of carbonyl (C=O) groups is 2. The largest absolute Gasteiger partial charge is 0.484 e. The third kappa shape index (κ3) is 5.37. The molecule has 1 atom stereocenters. The summed E-state index contributed by atoms with van der Waals surface area (Å²) < 4.78 is 10.7. The number of hydrogen-bond donors (Lipinski definition) is 1. The van der Waals surface area contributed by atoms with Crippen LogP contribution in [0, 0.1) is 11.8 Å². The van der Waals surface area contributed by atoms with Crippen LogP contribution in [0.2, 0.25) is 0 Å². The van der Waals surface area contributed by atoms with Gasteiger partial charge in [-0.3, -0.25) is 9.59 Å². The summed E-state index contributed by atoms with van der Waals surface area (Å²) in [5.74, 6) is 0.767. The molecule has 0 saturated carbocycles. The minimum absolute atomic E-state index is 0.0513. The molecular weight excluding hydrogens is 372 g/mol. The highest BCUT2D eigenvalue weighted by Gasteiger charge is 2.28. The van der Waals surface area contributed by atoms with Gasteiger partial charge >= 0.3 is 5.63 Å². The van der Waals surface area contributed by atoms with E-state index in [-0.39, 0.29) is 30.4 Å². The molecule has 0 radical (unpaired) electrons. The van der Waals surface area contributed by atoms with Crippen LogP contribution in [0.3, 0.4) is 0 Å². The third-order valence-corrected chi connectivity index (χ3v) is 5.55. The van der Waals surface area contributed by atoms with Gasteiger partial charge in [0.05, 0.1) is 0 Å². The van der Waals surface area contributed by atoms with Crippen molar-refractivity contribution in [1.82, 2.24) is 10.2 Å². The van der Waals surface area contributed by atoms with Gasteiger partial charge in [-0.2, -0.15) is 0 Å². The highest BCUT2D eigenvalue weighted by molar-refractivity contribution is 5.81. The summed E-state index contributed by atoms with van der Waals surface area (Å²) in [5.41, 5.74) is -0.00896. The first-order chi connectivity index (χ1) is 13.8. The Balaban J connectivity index is 1.49. The number of hydrogen-bond acceptors (Lipinski definition) is 5. The fourth-order valence-corrected chi connectivity index (χ4v) is 3.27. The standard InChI is InChI=1S/C22H28N2O5/c1-14(2)15(3)23-22(27)17-8-10-24(11-9-17)20(25)13-28-18-6-4-16-5-7-21(26)29-19(16)12-18/h4-7,12,14-15,17H,8-11,13H2,1-3H3,(H,23,27). The third-order valence-electron chi connectivity index (χ3n) is 5.55.